The minimum absolute atomic E-state index is 0.0113. The molecule has 0 aliphatic carbocycles. The van der Waals surface area contributed by atoms with Gasteiger partial charge in [0.1, 0.15) is 6.54 Å². The summed E-state index contributed by atoms with van der Waals surface area (Å²) in [6.07, 6.45) is 1.29. The summed E-state index contributed by atoms with van der Waals surface area (Å²) < 4.78 is 10.4. The molecule has 2 aliphatic rings. The van der Waals surface area contributed by atoms with Crippen LogP contribution < -0.4 is 4.74 Å². The number of aromatic hydroxyl groups is 1. The van der Waals surface area contributed by atoms with Gasteiger partial charge in [-0.1, -0.05) is 0 Å². The molecule has 1 aromatic carbocycles. The van der Waals surface area contributed by atoms with Crippen molar-refractivity contribution < 1.29 is 33.9 Å². The SMILES string of the molecule is CCOc1cc(/C=C2\SC(=O)N(CC(=O)N3CCOCC3)C2=O)cc([N+](=O)[O-])c1O. The van der Waals surface area contributed by atoms with Gasteiger partial charge >= 0.3 is 5.69 Å². The molecule has 0 spiro atoms. The largest absolute Gasteiger partial charge is 0.500 e. The van der Waals surface area contributed by atoms with E-state index in [1.54, 1.807) is 6.92 Å². The van der Waals surface area contributed by atoms with Crippen LogP contribution in [0.15, 0.2) is 17.0 Å². The third-order valence-electron chi connectivity index (χ3n) is 4.40. The number of hydrogen-bond acceptors (Lipinski definition) is 9. The highest BCUT2D eigenvalue weighted by Crippen LogP contribution is 2.39. The summed E-state index contributed by atoms with van der Waals surface area (Å²) in [5, 5.41) is 20.5. The third-order valence-corrected chi connectivity index (χ3v) is 5.31. The standard InChI is InChI=1S/C18H19N3O8S/c1-2-29-13-8-11(7-12(16(13)23)21(26)27)9-14-17(24)20(18(25)30-14)10-15(22)19-3-5-28-6-4-19/h7-9,23H,2-6,10H2,1H3/b14-9-. The molecule has 1 N–H and O–H groups in total. The molecule has 2 fully saturated rings. The zero-order valence-corrected chi connectivity index (χ0v) is 16.8. The summed E-state index contributed by atoms with van der Waals surface area (Å²) in [4.78, 5) is 50.1. The number of nitrogens with zero attached hydrogens (tertiary/aromatic N) is 3. The first-order valence-corrected chi connectivity index (χ1v) is 9.88. The van der Waals surface area contributed by atoms with Gasteiger partial charge in [-0.25, -0.2) is 0 Å². The topological polar surface area (TPSA) is 140 Å². The minimum atomic E-state index is -0.776. The Kier molecular flexibility index (Phi) is 6.57. The molecule has 3 rings (SSSR count). The fourth-order valence-electron chi connectivity index (χ4n) is 2.94. The summed E-state index contributed by atoms with van der Waals surface area (Å²) >= 11 is 0.633. The van der Waals surface area contributed by atoms with E-state index in [0.717, 1.165) is 11.0 Å². The fourth-order valence-corrected chi connectivity index (χ4v) is 3.78. The first kappa shape index (κ1) is 21.6. The zero-order chi connectivity index (χ0) is 21.8. The van der Waals surface area contributed by atoms with Gasteiger partial charge < -0.3 is 19.5 Å². The maximum Gasteiger partial charge on any atom is 0.315 e. The Morgan fingerprint density at radius 2 is 2.07 bits per heavy atom. The van der Waals surface area contributed by atoms with E-state index in [4.69, 9.17) is 9.47 Å². The molecule has 0 unspecified atom stereocenters. The monoisotopic (exact) mass is 437 g/mol. The van der Waals surface area contributed by atoms with Crippen LogP contribution in [0.3, 0.4) is 0 Å². The van der Waals surface area contributed by atoms with Crippen LogP contribution >= 0.6 is 11.8 Å². The van der Waals surface area contributed by atoms with Crippen molar-refractivity contribution in [2.24, 2.45) is 0 Å². The molecule has 30 heavy (non-hydrogen) atoms. The quantitative estimate of drug-likeness (QED) is 0.399. The van der Waals surface area contributed by atoms with E-state index >= 15 is 0 Å². The molecule has 0 saturated carbocycles. The van der Waals surface area contributed by atoms with E-state index in [9.17, 15) is 29.6 Å². The van der Waals surface area contributed by atoms with Gasteiger partial charge in [0.2, 0.25) is 11.7 Å². The van der Waals surface area contributed by atoms with Gasteiger partial charge in [0.15, 0.2) is 5.75 Å². The maximum atomic E-state index is 12.6. The van der Waals surface area contributed by atoms with Crippen LogP contribution in [0.1, 0.15) is 12.5 Å². The van der Waals surface area contributed by atoms with Crippen LogP contribution in [0.5, 0.6) is 11.5 Å². The number of nitro benzene ring substituents is 1. The molecule has 1 aromatic rings. The van der Waals surface area contributed by atoms with Crippen molar-refractivity contribution in [1.29, 1.82) is 0 Å². The predicted molar refractivity (Wildman–Crippen MR) is 106 cm³/mol. The highest BCUT2D eigenvalue weighted by molar-refractivity contribution is 8.18. The number of benzene rings is 1. The van der Waals surface area contributed by atoms with Crippen molar-refractivity contribution in [3.05, 3.63) is 32.7 Å². The molecule has 0 bridgehead atoms. The number of phenolic OH excluding ortho intramolecular Hbond substituents is 1. The van der Waals surface area contributed by atoms with E-state index in [2.05, 4.69) is 0 Å². The first-order chi connectivity index (χ1) is 14.3. The second-order valence-corrected chi connectivity index (χ2v) is 7.33. The average molecular weight is 437 g/mol. The summed E-state index contributed by atoms with van der Waals surface area (Å²) in [6.45, 7) is 3.00. The second kappa shape index (κ2) is 9.13. The number of thioether (sulfide) groups is 1. The average Bonchev–Trinajstić information content (AvgIpc) is 2.98. The lowest BCUT2D eigenvalue weighted by atomic mass is 10.1. The molecular formula is C18H19N3O8S. The highest BCUT2D eigenvalue weighted by Gasteiger charge is 2.37. The Hall–Kier alpha value is -3.12. The molecule has 2 heterocycles. The highest BCUT2D eigenvalue weighted by atomic mass is 32.2. The molecule has 2 aliphatic heterocycles. The van der Waals surface area contributed by atoms with Crippen molar-refractivity contribution in [2.75, 3.05) is 39.5 Å². The molecule has 11 nitrogen and oxygen atoms in total. The number of phenols is 1. The normalized spacial score (nSPS) is 18.2. The van der Waals surface area contributed by atoms with Gasteiger partial charge in [0.05, 0.1) is 29.6 Å². The lowest BCUT2D eigenvalue weighted by Gasteiger charge is -2.28. The van der Waals surface area contributed by atoms with Crippen LogP contribution in [0.25, 0.3) is 6.08 Å². The van der Waals surface area contributed by atoms with Crippen LogP contribution in [-0.4, -0.2) is 76.3 Å². The number of ether oxygens (including phenoxy) is 2. The lowest BCUT2D eigenvalue weighted by molar-refractivity contribution is -0.386. The zero-order valence-electron chi connectivity index (χ0n) is 16.0. The minimum Gasteiger partial charge on any atom is -0.500 e. The Morgan fingerprint density at radius 1 is 1.37 bits per heavy atom. The summed E-state index contributed by atoms with van der Waals surface area (Å²) in [7, 11) is 0. The third kappa shape index (κ3) is 4.54. The summed E-state index contributed by atoms with van der Waals surface area (Å²) in [6, 6.07) is 2.41. The first-order valence-electron chi connectivity index (χ1n) is 9.07. The number of imide groups is 1. The van der Waals surface area contributed by atoms with Crippen LogP contribution in [-0.2, 0) is 14.3 Å². The van der Waals surface area contributed by atoms with E-state index in [-0.39, 0.29) is 35.3 Å². The Morgan fingerprint density at radius 3 is 2.70 bits per heavy atom. The molecule has 12 heteroatoms. The number of nitro groups is 1. The van der Waals surface area contributed by atoms with Crippen molar-refractivity contribution in [2.45, 2.75) is 6.92 Å². The Balaban J connectivity index is 1.82. The molecular weight excluding hydrogens is 418 g/mol. The number of morpholine rings is 1. The van der Waals surface area contributed by atoms with E-state index < -0.39 is 27.5 Å². The van der Waals surface area contributed by atoms with Gasteiger partial charge in [-0.15, -0.1) is 0 Å². The van der Waals surface area contributed by atoms with Crippen molar-refractivity contribution in [3.8, 4) is 11.5 Å². The lowest BCUT2D eigenvalue weighted by Crippen LogP contribution is -2.46. The van der Waals surface area contributed by atoms with Crippen LogP contribution in [0, 0.1) is 10.1 Å². The Labute approximate surface area is 175 Å². The molecule has 2 saturated heterocycles. The van der Waals surface area contributed by atoms with Gasteiger partial charge in [0, 0.05) is 19.2 Å². The number of amides is 3. The predicted octanol–water partition coefficient (Wildman–Crippen LogP) is 1.59. The fraction of sp³-hybridized carbons (Fsp3) is 0.389. The van der Waals surface area contributed by atoms with Gasteiger partial charge in [0.25, 0.3) is 11.1 Å². The van der Waals surface area contributed by atoms with Gasteiger partial charge in [-0.05, 0) is 36.4 Å². The van der Waals surface area contributed by atoms with Crippen LogP contribution in [0.2, 0.25) is 0 Å². The maximum absolute atomic E-state index is 12.6. The molecule has 0 aromatic heterocycles. The number of carbonyl (C=O) groups excluding carboxylic acids is 3. The van der Waals surface area contributed by atoms with Crippen LogP contribution in [0.4, 0.5) is 10.5 Å². The van der Waals surface area contributed by atoms with Crippen molar-refractivity contribution in [1.82, 2.24) is 9.80 Å². The van der Waals surface area contributed by atoms with Crippen molar-refractivity contribution in [3.63, 3.8) is 0 Å². The van der Waals surface area contributed by atoms with E-state index in [1.165, 1.54) is 17.0 Å². The number of carbonyl (C=O) groups is 3. The smallest absolute Gasteiger partial charge is 0.315 e. The summed E-state index contributed by atoms with van der Waals surface area (Å²) in [5.74, 6) is -1.76. The number of rotatable bonds is 6. The van der Waals surface area contributed by atoms with E-state index in [1.807, 2.05) is 0 Å². The second-order valence-electron chi connectivity index (χ2n) is 6.34. The molecule has 160 valence electrons. The Bertz CT molecular complexity index is 926. The van der Waals surface area contributed by atoms with Gasteiger partial charge in [-0.2, -0.15) is 0 Å². The molecule has 3 amide bonds. The van der Waals surface area contributed by atoms with E-state index in [0.29, 0.717) is 38.1 Å². The summed E-state index contributed by atoms with van der Waals surface area (Å²) in [5.41, 5.74) is -0.387. The van der Waals surface area contributed by atoms with Crippen molar-refractivity contribution >= 4 is 40.6 Å². The van der Waals surface area contributed by atoms with Gasteiger partial charge in [-0.3, -0.25) is 29.4 Å². The number of hydrogen-bond donors (Lipinski definition) is 1. The molecule has 0 atom stereocenters. The molecule has 0 radical (unpaired) electrons.